The van der Waals surface area contributed by atoms with E-state index in [9.17, 15) is 0 Å². The molecular formula is C43H33IrN3O-2. The molecule has 0 aliphatic rings. The average Bonchev–Trinajstić information content (AvgIpc) is 3.49. The Hall–Kier alpha value is -5.22. The maximum Gasteiger partial charge on any atom is 0.216 e. The molecule has 0 spiro atoms. The smallest absolute Gasteiger partial charge is 0.216 e. The van der Waals surface area contributed by atoms with Gasteiger partial charge in [-0.3, -0.25) is 0 Å². The zero-order valence-corrected chi connectivity index (χ0v) is 29.4. The van der Waals surface area contributed by atoms with E-state index in [1.807, 2.05) is 60.8 Å². The Morgan fingerprint density at radius 1 is 0.688 bits per heavy atom. The summed E-state index contributed by atoms with van der Waals surface area (Å²) in [7, 11) is 0. The minimum Gasteiger partial charge on any atom is -0.486 e. The van der Waals surface area contributed by atoms with Gasteiger partial charge >= 0.3 is 0 Å². The standard InChI is InChI=1S/C23H15N2O.C20H18N.Ir/c1-2-7-16(8-3-1)15-17-12-13-19-18-9-6-10-20(21-11-4-5-14-24-21)22(18)26-23(19)25-17;1-14-4-8-17(9-5-14)19-12-20(21-13-16(19)3)18-10-6-15(2)7-11-18;/h1-9,11-14H,15H2;4-10,12-13H,1-3H3;/q2*-1;. The number of furan rings is 1. The Balaban J connectivity index is 0.000000168. The fourth-order valence-corrected chi connectivity index (χ4v) is 5.64. The van der Waals surface area contributed by atoms with Gasteiger partial charge in [-0.05, 0) is 65.7 Å². The first-order chi connectivity index (χ1) is 23.0. The first-order valence-corrected chi connectivity index (χ1v) is 15.7. The first-order valence-electron chi connectivity index (χ1n) is 15.7. The van der Waals surface area contributed by atoms with Crippen LogP contribution in [-0.2, 0) is 26.5 Å². The largest absolute Gasteiger partial charge is 0.486 e. The van der Waals surface area contributed by atoms with Gasteiger partial charge in [0.1, 0.15) is 0 Å². The van der Waals surface area contributed by atoms with Gasteiger partial charge in [0.05, 0.1) is 5.58 Å². The summed E-state index contributed by atoms with van der Waals surface area (Å²) in [5.74, 6) is 0. The molecule has 48 heavy (non-hydrogen) atoms. The molecule has 0 aliphatic heterocycles. The number of hydrogen-bond donors (Lipinski definition) is 0. The van der Waals surface area contributed by atoms with Crippen molar-refractivity contribution in [3.8, 4) is 33.6 Å². The van der Waals surface area contributed by atoms with Gasteiger partial charge < -0.3 is 14.4 Å². The van der Waals surface area contributed by atoms with Crippen LogP contribution < -0.4 is 0 Å². The van der Waals surface area contributed by atoms with Crippen molar-refractivity contribution in [3.05, 3.63) is 174 Å². The van der Waals surface area contributed by atoms with Crippen LogP contribution in [0.5, 0.6) is 0 Å². The molecule has 0 atom stereocenters. The van der Waals surface area contributed by atoms with Gasteiger partial charge in [0.25, 0.3) is 0 Å². The normalized spacial score (nSPS) is 10.7. The average molecular weight is 800 g/mol. The second-order valence-corrected chi connectivity index (χ2v) is 11.8. The van der Waals surface area contributed by atoms with Gasteiger partial charge in [0, 0.05) is 50.0 Å². The quantitative estimate of drug-likeness (QED) is 0.163. The van der Waals surface area contributed by atoms with Gasteiger partial charge in [-0.15, -0.1) is 53.6 Å². The van der Waals surface area contributed by atoms with Crippen molar-refractivity contribution in [2.45, 2.75) is 27.2 Å². The number of nitrogens with zero attached hydrogens (tertiary/aromatic N) is 3. The van der Waals surface area contributed by atoms with Gasteiger partial charge in [-0.25, -0.2) is 4.98 Å². The fraction of sp³-hybridized carbons (Fsp3) is 0.0930. The Morgan fingerprint density at radius 3 is 2.23 bits per heavy atom. The van der Waals surface area contributed by atoms with Gasteiger partial charge in [0.15, 0.2) is 0 Å². The van der Waals surface area contributed by atoms with Crippen LogP contribution in [0.1, 0.15) is 27.9 Å². The summed E-state index contributed by atoms with van der Waals surface area (Å²) in [6.45, 7) is 6.28. The van der Waals surface area contributed by atoms with Crippen LogP contribution in [-0.4, -0.2) is 15.0 Å². The van der Waals surface area contributed by atoms with Crippen molar-refractivity contribution < 1.29 is 24.5 Å². The molecule has 4 aromatic carbocycles. The number of aryl methyl sites for hydroxylation is 3. The number of rotatable bonds is 5. The minimum atomic E-state index is 0. The summed E-state index contributed by atoms with van der Waals surface area (Å²) < 4.78 is 6.13. The molecule has 0 amide bonds. The molecule has 8 aromatic rings. The van der Waals surface area contributed by atoms with E-state index in [-0.39, 0.29) is 20.1 Å². The predicted molar refractivity (Wildman–Crippen MR) is 191 cm³/mol. The molecule has 0 saturated carbocycles. The van der Waals surface area contributed by atoms with E-state index in [2.05, 4.69) is 110 Å². The molecule has 0 bridgehead atoms. The molecule has 5 heteroatoms. The monoisotopic (exact) mass is 800 g/mol. The number of pyridine rings is 3. The van der Waals surface area contributed by atoms with E-state index >= 15 is 0 Å². The van der Waals surface area contributed by atoms with Crippen LogP contribution in [0.15, 0.2) is 138 Å². The van der Waals surface area contributed by atoms with E-state index in [0.29, 0.717) is 5.71 Å². The Kier molecular flexibility index (Phi) is 10.0. The second-order valence-electron chi connectivity index (χ2n) is 11.8. The summed E-state index contributed by atoms with van der Waals surface area (Å²) in [6, 6.07) is 47.8. The van der Waals surface area contributed by atoms with E-state index < -0.39 is 0 Å². The molecule has 0 aliphatic carbocycles. The molecular weight excluding hydrogens is 767 g/mol. The maximum absolute atomic E-state index is 6.13. The fourth-order valence-electron chi connectivity index (χ4n) is 5.64. The van der Waals surface area contributed by atoms with Crippen LogP contribution in [0.2, 0.25) is 0 Å². The third-order valence-electron chi connectivity index (χ3n) is 8.22. The molecule has 0 N–H and O–H groups in total. The van der Waals surface area contributed by atoms with Crippen LogP contribution in [0.25, 0.3) is 55.7 Å². The first kappa shape index (κ1) is 32.7. The summed E-state index contributed by atoms with van der Waals surface area (Å²) >= 11 is 0. The summed E-state index contributed by atoms with van der Waals surface area (Å²) in [6.07, 6.45) is 4.51. The number of benzene rings is 4. The van der Waals surface area contributed by atoms with Crippen molar-refractivity contribution in [2.24, 2.45) is 0 Å². The van der Waals surface area contributed by atoms with Crippen molar-refractivity contribution in [3.63, 3.8) is 0 Å². The zero-order chi connectivity index (χ0) is 32.2. The maximum atomic E-state index is 6.13. The molecule has 4 aromatic heterocycles. The zero-order valence-electron chi connectivity index (χ0n) is 27.0. The third kappa shape index (κ3) is 7.18. The van der Waals surface area contributed by atoms with Gasteiger partial charge in [-0.1, -0.05) is 96.2 Å². The van der Waals surface area contributed by atoms with Crippen molar-refractivity contribution in [2.75, 3.05) is 0 Å². The van der Waals surface area contributed by atoms with Gasteiger partial charge in [0.2, 0.25) is 5.71 Å². The molecule has 0 fully saturated rings. The molecule has 4 nitrogen and oxygen atoms in total. The van der Waals surface area contributed by atoms with E-state index in [4.69, 9.17) is 9.40 Å². The second kappa shape index (κ2) is 14.7. The number of aromatic nitrogens is 3. The third-order valence-corrected chi connectivity index (χ3v) is 8.22. The molecule has 0 unspecified atom stereocenters. The SMILES string of the molecule is Cc1c[c-]c(-c2cc(-c3ccc(C)cc3)c(C)cn2)cc1.[Ir].[c-]1ccc2c(oc3nc(Cc4ccccc4)ccc32)c1-c1ccccn1. The minimum absolute atomic E-state index is 0. The van der Waals surface area contributed by atoms with Gasteiger partial charge in [-0.2, -0.15) is 0 Å². The van der Waals surface area contributed by atoms with Crippen LogP contribution in [0, 0.1) is 32.9 Å². The molecule has 8 rings (SSSR count). The number of fused-ring (bicyclic) bond motifs is 3. The molecule has 4 heterocycles. The van der Waals surface area contributed by atoms with Crippen molar-refractivity contribution in [1.82, 2.24) is 15.0 Å². The van der Waals surface area contributed by atoms with Crippen molar-refractivity contribution in [1.29, 1.82) is 0 Å². The van der Waals surface area contributed by atoms with E-state index in [1.165, 1.54) is 33.4 Å². The summed E-state index contributed by atoms with van der Waals surface area (Å²) in [4.78, 5) is 13.7. The number of hydrogen-bond acceptors (Lipinski definition) is 4. The Morgan fingerprint density at radius 2 is 1.48 bits per heavy atom. The van der Waals surface area contributed by atoms with Crippen LogP contribution in [0.4, 0.5) is 0 Å². The molecule has 1 radical (unpaired) electrons. The summed E-state index contributed by atoms with van der Waals surface area (Å²) in [5.41, 5.74) is 13.5. The van der Waals surface area contributed by atoms with Crippen LogP contribution >= 0.6 is 0 Å². The van der Waals surface area contributed by atoms with E-state index in [0.717, 1.165) is 51.0 Å². The summed E-state index contributed by atoms with van der Waals surface area (Å²) in [5, 5.41) is 2.06. The molecule has 237 valence electrons. The van der Waals surface area contributed by atoms with Crippen molar-refractivity contribution >= 4 is 22.1 Å². The molecule has 0 saturated heterocycles. The Bertz CT molecular complexity index is 2280. The predicted octanol–water partition coefficient (Wildman–Crippen LogP) is 10.6. The Labute approximate surface area is 294 Å². The topological polar surface area (TPSA) is 51.8 Å². The van der Waals surface area contributed by atoms with E-state index in [1.54, 1.807) is 6.20 Å². The van der Waals surface area contributed by atoms with Crippen LogP contribution in [0.3, 0.4) is 0 Å².